The first kappa shape index (κ1) is 17.0. The van der Waals surface area contributed by atoms with Crippen molar-refractivity contribution in [1.82, 2.24) is 0 Å². The Labute approximate surface area is 126 Å². The van der Waals surface area contributed by atoms with E-state index in [9.17, 15) is 9.59 Å². The van der Waals surface area contributed by atoms with E-state index in [1.165, 1.54) is 17.3 Å². The van der Waals surface area contributed by atoms with Crippen LogP contribution < -0.4 is 0 Å². The highest BCUT2D eigenvalue weighted by Gasteiger charge is 2.22. The molecular weight excluding hydrogens is 268 g/mol. The first-order chi connectivity index (χ1) is 9.17. The summed E-state index contributed by atoms with van der Waals surface area (Å²) in [4.78, 5) is 23.6. The minimum Gasteiger partial charge on any atom is -0.300 e. The van der Waals surface area contributed by atoms with Gasteiger partial charge in [-0.05, 0) is 25.3 Å². The minimum atomic E-state index is -0.0782. The highest BCUT2D eigenvalue weighted by molar-refractivity contribution is 8.14. The molecule has 0 unspecified atom stereocenters. The predicted octanol–water partition coefficient (Wildman–Crippen LogP) is 4.51. The molecule has 0 aliphatic rings. The van der Waals surface area contributed by atoms with Gasteiger partial charge < -0.3 is 4.79 Å². The molecule has 0 amide bonds. The maximum Gasteiger partial charge on any atom is 0.190 e. The van der Waals surface area contributed by atoms with Crippen molar-refractivity contribution in [1.29, 1.82) is 0 Å². The molecule has 0 aliphatic heterocycles. The van der Waals surface area contributed by atoms with E-state index in [1.54, 1.807) is 6.92 Å². The van der Waals surface area contributed by atoms with Crippen LogP contribution in [0.3, 0.4) is 0 Å². The van der Waals surface area contributed by atoms with Gasteiger partial charge in [0.1, 0.15) is 5.78 Å². The quantitative estimate of drug-likeness (QED) is 0.801. The molecule has 0 radical (unpaired) electrons. The van der Waals surface area contributed by atoms with Crippen molar-refractivity contribution in [3.63, 3.8) is 0 Å². The standard InChI is InChI=1S/C17H24O2S/c1-12-6-8-14(9-7-12)15(10-13(2)18)11-16(19)20-17(3,4)5/h6-9,15H,10-11H2,1-5H3/t15-/m0/s1. The summed E-state index contributed by atoms with van der Waals surface area (Å²) in [5.74, 6) is 0.125. The summed E-state index contributed by atoms with van der Waals surface area (Å²) >= 11 is 1.36. The normalized spacial score (nSPS) is 13.1. The van der Waals surface area contributed by atoms with Crippen LogP contribution in [-0.2, 0) is 9.59 Å². The number of rotatable bonds is 5. The molecule has 0 N–H and O–H groups in total. The lowest BCUT2D eigenvalue weighted by Gasteiger charge is -2.20. The van der Waals surface area contributed by atoms with Crippen molar-refractivity contribution in [3.8, 4) is 0 Å². The van der Waals surface area contributed by atoms with E-state index in [2.05, 4.69) is 0 Å². The number of aryl methyl sites for hydroxylation is 1. The summed E-state index contributed by atoms with van der Waals surface area (Å²) in [5, 5.41) is 0.157. The molecule has 1 rings (SSSR count). The van der Waals surface area contributed by atoms with Crippen LogP contribution in [0.1, 0.15) is 57.6 Å². The van der Waals surface area contributed by atoms with Crippen molar-refractivity contribution in [2.24, 2.45) is 0 Å². The lowest BCUT2D eigenvalue weighted by molar-refractivity contribution is -0.117. The Balaban J connectivity index is 2.82. The average Bonchev–Trinajstić information content (AvgIpc) is 2.25. The van der Waals surface area contributed by atoms with Gasteiger partial charge in [-0.1, -0.05) is 62.4 Å². The summed E-state index contributed by atoms with van der Waals surface area (Å²) in [6.45, 7) is 9.71. The highest BCUT2D eigenvalue weighted by atomic mass is 32.2. The molecule has 0 spiro atoms. The van der Waals surface area contributed by atoms with Crippen molar-refractivity contribution in [2.45, 2.75) is 58.1 Å². The average molecular weight is 292 g/mol. The fourth-order valence-corrected chi connectivity index (χ4v) is 3.05. The number of thioether (sulfide) groups is 1. The molecule has 110 valence electrons. The summed E-state index contributed by atoms with van der Waals surface area (Å²) < 4.78 is -0.0782. The highest BCUT2D eigenvalue weighted by Crippen LogP contribution is 2.31. The topological polar surface area (TPSA) is 34.1 Å². The Morgan fingerprint density at radius 2 is 1.65 bits per heavy atom. The van der Waals surface area contributed by atoms with E-state index < -0.39 is 0 Å². The first-order valence-corrected chi connectivity index (χ1v) is 7.77. The Hall–Kier alpha value is -1.09. The molecule has 0 fully saturated rings. The monoisotopic (exact) mass is 292 g/mol. The second-order valence-electron chi connectivity index (χ2n) is 6.30. The molecule has 2 nitrogen and oxygen atoms in total. The third kappa shape index (κ3) is 6.38. The van der Waals surface area contributed by atoms with Gasteiger partial charge in [-0.2, -0.15) is 0 Å². The summed E-state index contributed by atoms with van der Waals surface area (Å²) in [7, 11) is 0. The molecule has 1 atom stereocenters. The molecule has 1 aromatic carbocycles. The van der Waals surface area contributed by atoms with Crippen LogP contribution >= 0.6 is 11.8 Å². The maximum absolute atomic E-state index is 12.1. The van der Waals surface area contributed by atoms with Gasteiger partial charge >= 0.3 is 0 Å². The fourth-order valence-electron chi connectivity index (χ4n) is 2.08. The van der Waals surface area contributed by atoms with Crippen molar-refractivity contribution in [2.75, 3.05) is 0 Å². The Morgan fingerprint density at radius 1 is 1.10 bits per heavy atom. The number of benzene rings is 1. The van der Waals surface area contributed by atoms with Crippen molar-refractivity contribution >= 4 is 22.7 Å². The predicted molar refractivity (Wildman–Crippen MR) is 86.2 cm³/mol. The van der Waals surface area contributed by atoms with E-state index >= 15 is 0 Å². The van der Waals surface area contributed by atoms with Gasteiger partial charge in [0.05, 0.1) is 0 Å². The summed E-state index contributed by atoms with van der Waals surface area (Å²) in [6.07, 6.45) is 0.851. The summed E-state index contributed by atoms with van der Waals surface area (Å²) in [5.41, 5.74) is 2.26. The number of hydrogen-bond donors (Lipinski definition) is 0. The van der Waals surface area contributed by atoms with Crippen LogP contribution in [0.25, 0.3) is 0 Å². The van der Waals surface area contributed by atoms with Gasteiger partial charge in [-0.25, -0.2) is 0 Å². The van der Waals surface area contributed by atoms with Gasteiger partial charge in [-0.3, -0.25) is 4.79 Å². The third-order valence-corrected chi connectivity index (χ3v) is 3.92. The fraction of sp³-hybridized carbons (Fsp3) is 0.529. The second kappa shape index (κ2) is 7.07. The van der Waals surface area contributed by atoms with Crippen LogP contribution in [0.15, 0.2) is 24.3 Å². The van der Waals surface area contributed by atoms with E-state index in [0.29, 0.717) is 12.8 Å². The minimum absolute atomic E-state index is 0.00421. The van der Waals surface area contributed by atoms with E-state index in [0.717, 1.165) is 5.56 Å². The van der Waals surface area contributed by atoms with Gasteiger partial charge in [-0.15, -0.1) is 0 Å². The van der Waals surface area contributed by atoms with Crippen LogP contribution in [0.2, 0.25) is 0 Å². The maximum atomic E-state index is 12.1. The van der Waals surface area contributed by atoms with E-state index in [1.807, 2.05) is 52.0 Å². The number of carbonyl (C=O) groups excluding carboxylic acids is 2. The molecule has 0 bridgehead atoms. The number of carbonyl (C=O) groups is 2. The SMILES string of the molecule is CC(=O)C[C@@H](CC(=O)SC(C)(C)C)c1ccc(C)cc1. The zero-order valence-corrected chi connectivity index (χ0v) is 13.8. The zero-order valence-electron chi connectivity index (χ0n) is 13.0. The Kier molecular flexibility index (Phi) is 6.00. The number of ketones is 1. The number of hydrogen-bond acceptors (Lipinski definition) is 3. The molecule has 0 saturated carbocycles. The Bertz CT molecular complexity index is 469. The Morgan fingerprint density at radius 3 is 2.10 bits per heavy atom. The molecule has 0 heterocycles. The van der Waals surface area contributed by atoms with Crippen LogP contribution in [0, 0.1) is 6.92 Å². The van der Waals surface area contributed by atoms with Crippen LogP contribution in [0.5, 0.6) is 0 Å². The van der Waals surface area contributed by atoms with Gasteiger partial charge in [0.15, 0.2) is 5.12 Å². The third-order valence-electron chi connectivity index (χ3n) is 2.92. The summed E-state index contributed by atoms with van der Waals surface area (Å²) in [6, 6.07) is 8.11. The lowest BCUT2D eigenvalue weighted by atomic mass is 9.91. The van der Waals surface area contributed by atoms with Gasteiger partial charge in [0.25, 0.3) is 0 Å². The number of Topliss-reactive ketones (excluding diaryl/α,β-unsaturated/α-hetero) is 1. The molecule has 1 aromatic rings. The van der Waals surface area contributed by atoms with Crippen molar-refractivity contribution < 1.29 is 9.59 Å². The smallest absolute Gasteiger partial charge is 0.190 e. The molecule has 20 heavy (non-hydrogen) atoms. The molecular formula is C17H24O2S. The molecule has 0 saturated heterocycles. The first-order valence-electron chi connectivity index (χ1n) is 6.95. The largest absolute Gasteiger partial charge is 0.300 e. The van der Waals surface area contributed by atoms with Crippen LogP contribution in [0.4, 0.5) is 0 Å². The van der Waals surface area contributed by atoms with Crippen molar-refractivity contribution in [3.05, 3.63) is 35.4 Å². The molecule has 0 aromatic heterocycles. The van der Waals surface area contributed by atoms with Gasteiger partial charge in [0, 0.05) is 17.6 Å². The molecule has 3 heteroatoms. The van der Waals surface area contributed by atoms with Gasteiger partial charge in [0.2, 0.25) is 0 Å². The van der Waals surface area contributed by atoms with E-state index in [-0.39, 0.29) is 21.6 Å². The lowest BCUT2D eigenvalue weighted by Crippen LogP contribution is -2.15. The zero-order chi connectivity index (χ0) is 15.3. The molecule has 0 aliphatic carbocycles. The van der Waals surface area contributed by atoms with Crippen LogP contribution in [-0.4, -0.2) is 15.6 Å². The van der Waals surface area contributed by atoms with E-state index in [4.69, 9.17) is 0 Å². The second-order valence-corrected chi connectivity index (χ2v) is 8.19.